The SMILES string of the molecule is NCC(=O)N[C@H]1CN[C@H](C(=O)NCC(=O)Nc2ccc(Cc3ccccc3)cc2)C1. The largest absolute Gasteiger partial charge is 0.351 e. The van der Waals surface area contributed by atoms with Crippen molar-refractivity contribution in [3.8, 4) is 0 Å². The molecule has 0 aliphatic carbocycles. The summed E-state index contributed by atoms with van der Waals surface area (Å²) in [6, 6.07) is 17.2. The molecule has 3 amide bonds. The number of hydrogen-bond acceptors (Lipinski definition) is 5. The summed E-state index contributed by atoms with van der Waals surface area (Å²) in [5.74, 6) is -0.824. The van der Waals surface area contributed by atoms with Gasteiger partial charge < -0.3 is 27.0 Å². The van der Waals surface area contributed by atoms with E-state index in [0.29, 0.717) is 18.7 Å². The molecule has 1 heterocycles. The molecule has 3 rings (SSSR count). The Morgan fingerprint density at radius 2 is 1.67 bits per heavy atom. The Kier molecular flexibility index (Phi) is 7.53. The van der Waals surface area contributed by atoms with Gasteiger partial charge in [0.05, 0.1) is 19.1 Å². The second kappa shape index (κ2) is 10.5. The number of carbonyl (C=O) groups excluding carboxylic acids is 3. The Morgan fingerprint density at radius 3 is 2.37 bits per heavy atom. The van der Waals surface area contributed by atoms with Gasteiger partial charge in [0.2, 0.25) is 17.7 Å². The second-order valence-electron chi connectivity index (χ2n) is 7.29. The Morgan fingerprint density at radius 1 is 0.967 bits per heavy atom. The van der Waals surface area contributed by atoms with E-state index in [9.17, 15) is 14.4 Å². The van der Waals surface area contributed by atoms with E-state index in [2.05, 4.69) is 33.4 Å². The van der Waals surface area contributed by atoms with Gasteiger partial charge in [-0.1, -0.05) is 42.5 Å². The van der Waals surface area contributed by atoms with E-state index in [1.807, 2.05) is 42.5 Å². The van der Waals surface area contributed by atoms with Gasteiger partial charge in [-0.2, -0.15) is 0 Å². The van der Waals surface area contributed by atoms with Crippen LogP contribution < -0.4 is 27.0 Å². The molecular weight excluding hydrogens is 382 g/mol. The first-order valence-corrected chi connectivity index (χ1v) is 9.96. The van der Waals surface area contributed by atoms with Gasteiger partial charge >= 0.3 is 0 Å². The molecule has 1 fully saturated rings. The van der Waals surface area contributed by atoms with Crippen LogP contribution in [-0.4, -0.2) is 49.4 Å². The first-order chi connectivity index (χ1) is 14.5. The first kappa shape index (κ1) is 21.5. The van der Waals surface area contributed by atoms with Crippen molar-refractivity contribution in [2.24, 2.45) is 5.73 Å². The molecule has 6 N–H and O–H groups in total. The molecule has 0 aromatic heterocycles. The lowest BCUT2D eigenvalue weighted by Gasteiger charge is -2.12. The normalized spacial score (nSPS) is 17.9. The highest BCUT2D eigenvalue weighted by Crippen LogP contribution is 2.13. The maximum atomic E-state index is 12.2. The Labute approximate surface area is 175 Å². The lowest BCUT2D eigenvalue weighted by Crippen LogP contribution is -2.43. The van der Waals surface area contributed by atoms with Gasteiger partial charge in [-0.3, -0.25) is 14.4 Å². The Balaban J connectivity index is 1.40. The zero-order chi connectivity index (χ0) is 21.3. The molecule has 2 aromatic carbocycles. The molecule has 1 aliphatic heterocycles. The molecule has 1 aliphatic rings. The van der Waals surface area contributed by atoms with Crippen LogP contribution in [0.3, 0.4) is 0 Å². The highest BCUT2D eigenvalue weighted by molar-refractivity contribution is 5.95. The summed E-state index contributed by atoms with van der Waals surface area (Å²) < 4.78 is 0. The summed E-state index contributed by atoms with van der Waals surface area (Å²) in [6.07, 6.45) is 1.29. The minimum atomic E-state index is -0.446. The maximum Gasteiger partial charge on any atom is 0.243 e. The van der Waals surface area contributed by atoms with Crippen molar-refractivity contribution < 1.29 is 14.4 Å². The van der Waals surface area contributed by atoms with E-state index in [4.69, 9.17) is 5.73 Å². The molecule has 8 heteroatoms. The van der Waals surface area contributed by atoms with Crippen LogP contribution in [-0.2, 0) is 20.8 Å². The minimum absolute atomic E-state index is 0.0826. The number of nitrogens with one attached hydrogen (secondary N) is 4. The van der Waals surface area contributed by atoms with Crippen molar-refractivity contribution in [3.63, 3.8) is 0 Å². The van der Waals surface area contributed by atoms with Gasteiger partial charge in [0.1, 0.15) is 0 Å². The van der Waals surface area contributed by atoms with Gasteiger partial charge in [-0.05, 0) is 36.1 Å². The molecule has 8 nitrogen and oxygen atoms in total. The predicted octanol–water partition coefficient (Wildman–Crippen LogP) is 0.138. The lowest BCUT2D eigenvalue weighted by molar-refractivity contribution is -0.125. The molecule has 158 valence electrons. The molecular formula is C22H27N5O3. The van der Waals surface area contributed by atoms with E-state index in [1.54, 1.807) is 0 Å². The molecule has 2 atom stereocenters. The van der Waals surface area contributed by atoms with Crippen molar-refractivity contribution in [3.05, 3.63) is 65.7 Å². The Hall–Kier alpha value is -3.23. The molecule has 0 unspecified atom stereocenters. The van der Waals surface area contributed by atoms with E-state index < -0.39 is 6.04 Å². The fraction of sp³-hybridized carbons (Fsp3) is 0.318. The highest BCUT2D eigenvalue weighted by Gasteiger charge is 2.30. The van der Waals surface area contributed by atoms with Crippen molar-refractivity contribution in [2.75, 3.05) is 25.0 Å². The zero-order valence-corrected chi connectivity index (χ0v) is 16.7. The molecule has 0 bridgehead atoms. The van der Waals surface area contributed by atoms with Gasteiger partial charge in [-0.25, -0.2) is 0 Å². The topological polar surface area (TPSA) is 125 Å². The van der Waals surface area contributed by atoms with Crippen LogP contribution in [0.4, 0.5) is 5.69 Å². The average molecular weight is 409 g/mol. The third-order valence-electron chi connectivity index (χ3n) is 4.91. The number of nitrogens with two attached hydrogens (primary N) is 1. The van der Waals surface area contributed by atoms with Crippen molar-refractivity contribution in [2.45, 2.75) is 24.9 Å². The highest BCUT2D eigenvalue weighted by atomic mass is 16.2. The fourth-order valence-electron chi connectivity index (χ4n) is 3.37. The smallest absolute Gasteiger partial charge is 0.243 e. The van der Waals surface area contributed by atoms with Crippen molar-refractivity contribution in [1.82, 2.24) is 16.0 Å². The number of benzene rings is 2. The maximum absolute atomic E-state index is 12.2. The number of anilines is 1. The van der Waals surface area contributed by atoms with Gasteiger partial charge in [-0.15, -0.1) is 0 Å². The summed E-state index contributed by atoms with van der Waals surface area (Å²) in [4.78, 5) is 35.7. The van der Waals surface area contributed by atoms with Crippen molar-refractivity contribution >= 4 is 23.4 Å². The van der Waals surface area contributed by atoms with Crippen LogP contribution in [0, 0.1) is 0 Å². The van der Waals surface area contributed by atoms with Crippen LogP contribution in [0.5, 0.6) is 0 Å². The first-order valence-electron chi connectivity index (χ1n) is 9.96. The van der Waals surface area contributed by atoms with Crippen LogP contribution in [0.15, 0.2) is 54.6 Å². The zero-order valence-electron chi connectivity index (χ0n) is 16.7. The quantitative estimate of drug-likeness (QED) is 0.424. The molecule has 30 heavy (non-hydrogen) atoms. The number of rotatable bonds is 8. The van der Waals surface area contributed by atoms with E-state index >= 15 is 0 Å². The standard InChI is InChI=1S/C22H27N5O3/c23-12-20(28)27-18-11-19(24-13-18)22(30)25-14-21(29)26-17-8-6-16(7-9-17)10-15-4-2-1-3-5-15/h1-9,18-19,24H,10-14,23H2,(H,25,30)(H,26,29)(H,27,28)/t18-,19+/m1/s1. The van der Waals surface area contributed by atoms with Crippen LogP contribution in [0.25, 0.3) is 0 Å². The molecule has 0 spiro atoms. The Bertz CT molecular complexity index is 870. The average Bonchev–Trinajstić information content (AvgIpc) is 3.22. The van der Waals surface area contributed by atoms with Gasteiger partial charge in [0, 0.05) is 18.3 Å². The fourth-order valence-corrected chi connectivity index (χ4v) is 3.37. The number of amides is 3. The molecule has 0 radical (unpaired) electrons. The lowest BCUT2D eigenvalue weighted by atomic mass is 10.0. The van der Waals surface area contributed by atoms with E-state index in [0.717, 1.165) is 12.0 Å². The number of carbonyl (C=O) groups is 3. The summed E-state index contributed by atoms with van der Waals surface area (Å²) in [5, 5.41) is 11.2. The third kappa shape index (κ3) is 6.40. The van der Waals surface area contributed by atoms with E-state index in [1.165, 1.54) is 5.56 Å². The minimum Gasteiger partial charge on any atom is -0.351 e. The third-order valence-corrected chi connectivity index (χ3v) is 4.91. The van der Waals surface area contributed by atoms with Gasteiger partial charge in [0.25, 0.3) is 0 Å². The predicted molar refractivity (Wildman–Crippen MR) is 115 cm³/mol. The monoisotopic (exact) mass is 409 g/mol. The molecule has 0 saturated carbocycles. The summed E-state index contributed by atoms with van der Waals surface area (Å²) in [7, 11) is 0. The summed E-state index contributed by atoms with van der Waals surface area (Å²) >= 11 is 0. The van der Waals surface area contributed by atoms with Crippen LogP contribution >= 0.6 is 0 Å². The van der Waals surface area contributed by atoms with Crippen LogP contribution in [0.2, 0.25) is 0 Å². The van der Waals surface area contributed by atoms with Crippen LogP contribution in [0.1, 0.15) is 17.5 Å². The molecule has 2 aromatic rings. The summed E-state index contributed by atoms with van der Waals surface area (Å²) in [5.41, 5.74) is 8.32. The molecule has 1 saturated heterocycles. The van der Waals surface area contributed by atoms with E-state index in [-0.39, 0.29) is 36.9 Å². The number of hydrogen-bond donors (Lipinski definition) is 5. The van der Waals surface area contributed by atoms with Gasteiger partial charge in [0.15, 0.2) is 0 Å². The summed E-state index contributed by atoms with van der Waals surface area (Å²) in [6.45, 7) is 0.286. The van der Waals surface area contributed by atoms with Crippen molar-refractivity contribution in [1.29, 1.82) is 0 Å². The second-order valence-corrected chi connectivity index (χ2v) is 7.29.